The number of hydrazone groups is 1. The van der Waals surface area contributed by atoms with Crippen LogP contribution in [-0.2, 0) is 4.79 Å². The van der Waals surface area contributed by atoms with Crippen LogP contribution in [0.3, 0.4) is 0 Å². The quantitative estimate of drug-likeness (QED) is 0.529. The molecule has 2 aromatic rings. The van der Waals surface area contributed by atoms with E-state index in [0.717, 1.165) is 10.2 Å². The Morgan fingerprint density at radius 1 is 1.12 bits per heavy atom. The first kappa shape index (κ1) is 19.8. The predicted octanol–water partition coefficient (Wildman–Crippen LogP) is 4.71. The third-order valence-electron chi connectivity index (χ3n) is 3.71. The van der Waals surface area contributed by atoms with Crippen molar-refractivity contribution in [2.75, 3.05) is 5.32 Å². The Balaban J connectivity index is 1.87. The van der Waals surface area contributed by atoms with E-state index in [0.29, 0.717) is 17.2 Å². The molecule has 0 aliphatic rings. The van der Waals surface area contributed by atoms with Gasteiger partial charge >= 0.3 is 0 Å². The molecule has 0 radical (unpaired) electrons. The fourth-order valence-corrected chi connectivity index (χ4v) is 2.67. The number of nitrogens with one attached hydrogen (secondary N) is 2. The molecular formula is C20H22BrN3O2. The number of halogens is 1. The molecule has 0 unspecified atom stereocenters. The first-order valence-electron chi connectivity index (χ1n) is 8.34. The van der Waals surface area contributed by atoms with Crippen molar-refractivity contribution in [1.82, 2.24) is 5.43 Å². The fraction of sp³-hybridized carbons (Fsp3) is 0.250. The van der Waals surface area contributed by atoms with E-state index in [4.69, 9.17) is 0 Å². The van der Waals surface area contributed by atoms with Gasteiger partial charge in [0.2, 0.25) is 5.91 Å². The first-order chi connectivity index (χ1) is 12.3. The van der Waals surface area contributed by atoms with E-state index >= 15 is 0 Å². The highest BCUT2D eigenvalue weighted by Crippen LogP contribution is 2.17. The maximum atomic E-state index is 12.1. The average Bonchev–Trinajstić information content (AvgIpc) is 2.60. The standard InChI is InChI=1S/C20H22BrN3O2/c1-13(2)15-7-9-18(10-8-15)22-19(25)11-14(3)23-24-20(26)16-5-4-6-17(21)12-16/h4-10,12-13H,11H2,1-3H3,(H,22,25)(H,24,26). The molecule has 136 valence electrons. The van der Waals surface area contributed by atoms with Gasteiger partial charge in [-0.25, -0.2) is 5.43 Å². The zero-order valence-electron chi connectivity index (χ0n) is 15.0. The lowest BCUT2D eigenvalue weighted by atomic mass is 10.0. The third kappa shape index (κ3) is 6.11. The van der Waals surface area contributed by atoms with Crippen LogP contribution in [0.25, 0.3) is 0 Å². The normalized spacial score (nSPS) is 11.3. The Morgan fingerprint density at radius 2 is 1.81 bits per heavy atom. The Morgan fingerprint density at radius 3 is 2.42 bits per heavy atom. The summed E-state index contributed by atoms with van der Waals surface area (Å²) < 4.78 is 0.814. The molecule has 0 saturated heterocycles. The van der Waals surface area contributed by atoms with E-state index in [1.54, 1.807) is 25.1 Å². The van der Waals surface area contributed by atoms with Crippen LogP contribution in [-0.4, -0.2) is 17.5 Å². The van der Waals surface area contributed by atoms with E-state index < -0.39 is 0 Å². The summed E-state index contributed by atoms with van der Waals surface area (Å²) in [6.45, 7) is 5.94. The van der Waals surface area contributed by atoms with Gasteiger partial charge in [-0.3, -0.25) is 9.59 Å². The summed E-state index contributed by atoms with van der Waals surface area (Å²) in [6.07, 6.45) is 0.102. The molecule has 0 aliphatic carbocycles. The molecule has 2 N–H and O–H groups in total. The van der Waals surface area contributed by atoms with E-state index in [9.17, 15) is 9.59 Å². The maximum Gasteiger partial charge on any atom is 0.271 e. The largest absolute Gasteiger partial charge is 0.326 e. The third-order valence-corrected chi connectivity index (χ3v) is 4.21. The molecular weight excluding hydrogens is 394 g/mol. The molecule has 5 nitrogen and oxygen atoms in total. The number of rotatable bonds is 6. The smallest absolute Gasteiger partial charge is 0.271 e. The predicted molar refractivity (Wildman–Crippen MR) is 108 cm³/mol. The SMILES string of the molecule is CC(CC(=O)Nc1ccc(C(C)C)cc1)=NNC(=O)c1cccc(Br)c1. The number of benzene rings is 2. The van der Waals surface area contributed by atoms with Gasteiger partial charge in [0.05, 0.1) is 6.42 Å². The second-order valence-corrected chi connectivity index (χ2v) is 7.22. The minimum absolute atomic E-state index is 0.102. The van der Waals surface area contributed by atoms with E-state index in [2.05, 4.69) is 45.6 Å². The fourth-order valence-electron chi connectivity index (χ4n) is 2.27. The van der Waals surface area contributed by atoms with Crippen molar-refractivity contribution < 1.29 is 9.59 Å². The van der Waals surface area contributed by atoms with Gasteiger partial charge in [-0.1, -0.05) is 48.0 Å². The van der Waals surface area contributed by atoms with Crippen LogP contribution in [0.5, 0.6) is 0 Å². The van der Waals surface area contributed by atoms with Gasteiger partial charge in [0, 0.05) is 21.4 Å². The van der Waals surface area contributed by atoms with E-state index in [1.807, 2.05) is 30.3 Å². The maximum absolute atomic E-state index is 12.1. The Kier molecular flexibility index (Phi) is 7.09. The minimum Gasteiger partial charge on any atom is -0.326 e. The van der Waals surface area contributed by atoms with Gasteiger partial charge in [0.15, 0.2) is 0 Å². The highest BCUT2D eigenvalue weighted by atomic mass is 79.9. The molecule has 2 amide bonds. The summed E-state index contributed by atoms with van der Waals surface area (Å²) in [5.41, 5.74) is 5.43. The number of hydrogen-bond donors (Lipinski definition) is 2. The lowest BCUT2D eigenvalue weighted by Crippen LogP contribution is -2.21. The monoisotopic (exact) mass is 415 g/mol. The summed E-state index contributed by atoms with van der Waals surface area (Å²) in [5.74, 6) is -0.0569. The van der Waals surface area contributed by atoms with Crippen LogP contribution in [0, 0.1) is 0 Å². The summed E-state index contributed by atoms with van der Waals surface area (Å²) in [7, 11) is 0. The summed E-state index contributed by atoms with van der Waals surface area (Å²) in [4.78, 5) is 24.1. The highest BCUT2D eigenvalue weighted by Gasteiger charge is 2.08. The van der Waals surface area contributed by atoms with Crippen molar-refractivity contribution >= 4 is 39.1 Å². The van der Waals surface area contributed by atoms with Gasteiger partial charge in [0.25, 0.3) is 5.91 Å². The molecule has 0 atom stereocenters. The molecule has 0 aromatic heterocycles. The Bertz CT molecular complexity index is 814. The molecule has 0 heterocycles. The Labute approximate surface area is 162 Å². The average molecular weight is 416 g/mol. The van der Waals surface area contributed by atoms with Crippen LogP contribution in [0.2, 0.25) is 0 Å². The molecule has 6 heteroatoms. The molecule has 0 spiro atoms. The van der Waals surface area contributed by atoms with Crippen LogP contribution in [0.4, 0.5) is 5.69 Å². The molecule has 0 fully saturated rings. The number of anilines is 1. The van der Waals surface area contributed by atoms with Gasteiger partial charge in [-0.15, -0.1) is 0 Å². The van der Waals surface area contributed by atoms with Crippen molar-refractivity contribution in [2.45, 2.75) is 33.1 Å². The topological polar surface area (TPSA) is 70.6 Å². The van der Waals surface area contributed by atoms with Gasteiger partial charge in [0.1, 0.15) is 0 Å². The Hall–Kier alpha value is -2.47. The van der Waals surface area contributed by atoms with Crippen LogP contribution in [0.15, 0.2) is 58.1 Å². The number of amides is 2. The molecule has 0 bridgehead atoms. The number of carbonyl (C=O) groups is 2. The molecule has 26 heavy (non-hydrogen) atoms. The van der Waals surface area contributed by atoms with Crippen molar-refractivity contribution in [3.8, 4) is 0 Å². The number of carbonyl (C=O) groups excluding carboxylic acids is 2. The summed E-state index contributed by atoms with van der Waals surface area (Å²) in [5, 5.41) is 6.82. The zero-order chi connectivity index (χ0) is 19.1. The number of hydrogen-bond acceptors (Lipinski definition) is 3. The highest BCUT2D eigenvalue weighted by molar-refractivity contribution is 9.10. The van der Waals surface area contributed by atoms with Crippen molar-refractivity contribution in [1.29, 1.82) is 0 Å². The zero-order valence-corrected chi connectivity index (χ0v) is 16.6. The van der Waals surface area contributed by atoms with Crippen LogP contribution >= 0.6 is 15.9 Å². The van der Waals surface area contributed by atoms with Gasteiger partial charge in [-0.2, -0.15) is 5.10 Å². The van der Waals surface area contributed by atoms with Gasteiger partial charge < -0.3 is 5.32 Å². The van der Waals surface area contributed by atoms with E-state index in [1.165, 1.54) is 5.56 Å². The minimum atomic E-state index is -0.324. The molecule has 0 saturated carbocycles. The molecule has 0 aliphatic heterocycles. The lowest BCUT2D eigenvalue weighted by Gasteiger charge is -2.08. The molecule has 2 aromatic carbocycles. The van der Waals surface area contributed by atoms with Crippen LogP contribution in [0.1, 0.15) is 49.0 Å². The second kappa shape index (κ2) is 9.29. The van der Waals surface area contributed by atoms with Crippen molar-refractivity contribution in [2.24, 2.45) is 5.10 Å². The van der Waals surface area contributed by atoms with Gasteiger partial charge in [-0.05, 0) is 48.7 Å². The summed E-state index contributed by atoms with van der Waals surface area (Å²) in [6, 6.07) is 14.8. The second-order valence-electron chi connectivity index (χ2n) is 6.30. The van der Waals surface area contributed by atoms with Crippen molar-refractivity contribution in [3.05, 3.63) is 64.1 Å². The van der Waals surface area contributed by atoms with Crippen molar-refractivity contribution in [3.63, 3.8) is 0 Å². The lowest BCUT2D eigenvalue weighted by molar-refractivity contribution is -0.115. The first-order valence-corrected chi connectivity index (χ1v) is 9.13. The molecule has 2 rings (SSSR count). The van der Waals surface area contributed by atoms with Crippen LogP contribution < -0.4 is 10.7 Å². The summed E-state index contributed by atoms with van der Waals surface area (Å²) >= 11 is 3.32. The van der Waals surface area contributed by atoms with E-state index in [-0.39, 0.29) is 18.2 Å². The number of nitrogens with zero attached hydrogens (tertiary/aromatic N) is 1.